The number of allylic oxidation sites excluding steroid dienone is 1. The fourth-order valence-corrected chi connectivity index (χ4v) is 5.13. The van der Waals surface area contributed by atoms with Crippen LogP contribution in [0.5, 0.6) is 0 Å². The van der Waals surface area contributed by atoms with Gasteiger partial charge >= 0.3 is 6.03 Å². The van der Waals surface area contributed by atoms with Gasteiger partial charge in [0.15, 0.2) is 12.1 Å². The first-order valence-electron chi connectivity index (χ1n) is 14.7. The number of carbonyl (C=O) groups is 1. The number of aliphatic hydroxyl groups is 5. The van der Waals surface area contributed by atoms with Crippen LogP contribution in [0.4, 0.5) is 10.5 Å². The maximum absolute atomic E-state index is 12.9. The van der Waals surface area contributed by atoms with Gasteiger partial charge in [0.05, 0.1) is 48.7 Å². The lowest BCUT2D eigenvalue weighted by molar-refractivity contribution is -0.303. The van der Waals surface area contributed by atoms with E-state index in [1.54, 1.807) is 37.3 Å². The van der Waals surface area contributed by atoms with Crippen molar-refractivity contribution in [2.24, 2.45) is 17.6 Å². The van der Waals surface area contributed by atoms with Crippen molar-refractivity contribution < 1.29 is 44.5 Å². The zero-order chi connectivity index (χ0) is 31.2. The average molecular weight is 596 g/mol. The lowest BCUT2D eigenvalue weighted by atomic mass is 9.86. The van der Waals surface area contributed by atoms with Crippen molar-refractivity contribution in [1.82, 2.24) is 5.32 Å². The summed E-state index contributed by atoms with van der Waals surface area (Å²) in [5.74, 6) is -1.91. The Morgan fingerprint density at radius 1 is 1.14 bits per heavy atom. The molecular formula is C30H49N3O9. The Kier molecular flexibility index (Phi) is 12.3. The SMILES string of the molecule is CC(C)/C=C/[C@@H](C[C@@H]1O[C@](O)(C[C@@H](O)C(C)C)C[C@H](O)C1NC(=O)Nc1ccccc1)OC1OC(C)C(O)C(N)C1O. The van der Waals surface area contributed by atoms with Crippen molar-refractivity contribution in [3.05, 3.63) is 42.5 Å². The van der Waals surface area contributed by atoms with E-state index in [1.165, 1.54) is 0 Å². The standard InChI is InChI=1S/C30H49N3O9/c1-16(2)11-12-20(41-28-27(37)24(31)26(36)18(5)40-28)13-23-25(33-29(38)32-19-9-7-6-8-10-19)22(35)15-30(39,42-23)14-21(34)17(3)4/h6-12,16-18,20-28,34-37,39H,13-15,31H2,1-5H3,(H2,32,33,38)/b12-11+/t18?,20-,21+,22-,23-,24?,25?,26?,27?,28?,30+/m0/s1. The molecule has 1 aromatic carbocycles. The Morgan fingerprint density at radius 3 is 2.43 bits per heavy atom. The summed E-state index contributed by atoms with van der Waals surface area (Å²) in [6.07, 6.45) is -4.91. The molecule has 6 unspecified atom stereocenters. The topological polar surface area (TPSA) is 196 Å². The summed E-state index contributed by atoms with van der Waals surface area (Å²) in [7, 11) is 0. The molecule has 11 atom stereocenters. The largest absolute Gasteiger partial charge is 0.393 e. The lowest BCUT2D eigenvalue weighted by Crippen LogP contribution is -2.63. The van der Waals surface area contributed by atoms with E-state index in [0.717, 1.165) is 0 Å². The molecule has 3 rings (SSSR count). The quantitative estimate of drug-likeness (QED) is 0.172. The fraction of sp³-hybridized carbons (Fsp3) is 0.700. The number of amides is 2. The first-order valence-corrected chi connectivity index (χ1v) is 14.7. The summed E-state index contributed by atoms with van der Waals surface area (Å²) in [6, 6.07) is 6.24. The number of hydrogen-bond donors (Lipinski definition) is 8. The number of nitrogens with one attached hydrogen (secondary N) is 2. The van der Waals surface area contributed by atoms with Crippen molar-refractivity contribution in [2.45, 2.75) is 121 Å². The second kappa shape index (κ2) is 15.0. The van der Waals surface area contributed by atoms with Gasteiger partial charge in [-0.3, -0.25) is 0 Å². The number of rotatable bonds is 11. The van der Waals surface area contributed by atoms with E-state index in [2.05, 4.69) is 10.6 Å². The zero-order valence-corrected chi connectivity index (χ0v) is 25.0. The third-order valence-corrected chi connectivity index (χ3v) is 7.72. The Morgan fingerprint density at radius 2 is 1.81 bits per heavy atom. The molecule has 0 aromatic heterocycles. The average Bonchev–Trinajstić information content (AvgIpc) is 2.91. The number of aliphatic hydroxyl groups excluding tert-OH is 4. The van der Waals surface area contributed by atoms with E-state index >= 15 is 0 Å². The predicted molar refractivity (Wildman–Crippen MR) is 156 cm³/mol. The number of benzene rings is 1. The lowest BCUT2D eigenvalue weighted by Gasteiger charge is -2.46. The summed E-state index contributed by atoms with van der Waals surface area (Å²) >= 11 is 0. The van der Waals surface area contributed by atoms with E-state index in [1.807, 2.05) is 39.8 Å². The van der Waals surface area contributed by atoms with Crippen LogP contribution in [0.1, 0.15) is 53.9 Å². The smallest absolute Gasteiger partial charge is 0.319 e. The molecule has 2 aliphatic heterocycles. The first kappa shape index (κ1) is 34.4. The van der Waals surface area contributed by atoms with Crippen LogP contribution in [-0.4, -0.2) is 98.5 Å². The van der Waals surface area contributed by atoms with Crippen molar-refractivity contribution in [3.63, 3.8) is 0 Å². The van der Waals surface area contributed by atoms with Gasteiger partial charge in [-0.2, -0.15) is 0 Å². The first-order chi connectivity index (χ1) is 19.7. The normalized spacial score (nSPS) is 35.4. The number of ether oxygens (including phenoxy) is 3. The highest BCUT2D eigenvalue weighted by Crippen LogP contribution is 2.35. The molecule has 0 aliphatic carbocycles. The van der Waals surface area contributed by atoms with Crippen LogP contribution in [-0.2, 0) is 14.2 Å². The van der Waals surface area contributed by atoms with Gasteiger partial charge < -0.3 is 56.1 Å². The predicted octanol–water partition coefficient (Wildman–Crippen LogP) is 1.20. The molecule has 12 heteroatoms. The summed E-state index contributed by atoms with van der Waals surface area (Å²) in [4.78, 5) is 12.9. The summed E-state index contributed by atoms with van der Waals surface area (Å²) in [5.41, 5.74) is 6.55. The van der Waals surface area contributed by atoms with Gasteiger partial charge in [-0.05, 0) is 30.9 Å². The molecule has 0 bridgehead atoms. The number of hydrogen-bond acceptors (Lipinski definition) is 10. The molecule has 2 fully saturated rings. The molecular weight excluding hydrogens is 546 g/mol. The van der Waals surface area contributed by atoms with E-state index in [-0.39, 0.29) is 31.1 Å². The van der Waals surface area contributed by atoms with Gasteiger partial charge in [-0.25, -0.2) is 4.79 Å². The van der Waals surface area contributed by atoms with Crippen molar-refractivity contribution in [2.75, 3.05) is 5.32 Å². The fourth-order valence-electron chi connectivity index (χ4n) is 5.13. The number of carbonyl (C=O) groups excluding carboxylic acids is 1. The molecule has 0 saturated carbocycles. The molecule has 1 aromatic rings. The van der Waals surface area contributed by atoms with Crippen LogP contribution in [0.3, 0.4) is 0 Å². The summed E-state index contributed by atoms with van der Waals surface area (Å²) < 4.78 is 18.0. The third kappa shape index (κ3) is 9.43. The van der Waals surface area contributed by atoms with Gasteiger partial charge in [-0.15, -0.1) is 0 Å². The molecule has 9 N–H and O–H groups in total. The van der Waals surface area contributed by atoms with E-state index in [9.17, 15) is 30.3 Å². The number of nitrogens with two attached hydrogens (primary N) is 1. The summed E-state index contributed by atoms with van der Waals surface area (Å²) in [6.45, 7) is 9.18. The second-order valence-corrected chi connectivity index (χ2v) is 12.2. The number of urea groups is 1. The van der Waals surface area contributed by atoms with Crippen molar-refractivity contribution in [3.8, 4) is 0 Å². The molecule has 2 saturated heterocycles. The Balaban J connectivity index is 1.87. The van der Waals surface area contributed by atoms with Crippen LogP contribution in [0.25, 0.3) is 0 Å². The van der Waals surface area contributed by atoms with Crippen LogP contribution < -0.4 is 16.4 Å². The minimum Gasteiger partial charge on any atom is -0.393 e. The van der Waals surface area contributed by atoms with Crippen LogP contribution in [0.15, 0.2) is 42.5 Å². The Bertz CT molecular complexity index is 1010. The summed E-state index contributed by atoms with van der Waals surface area (Å²) in [5, 5.41) is 59.5. The molecule has 42 heavy (non-hydrogen) atoms. The molecule has 2 amide bonds. The maximum Gasteiger partial charge on any atom is 0.319 e. The highest BCUT2D eigenvalue weighted by atomic mass is 16.7. The highest BCUT2D eigenvalue weighted by Gasteiger charge is 2.49. The Labute approximate surface area is 247 Å². The number of anilines is 1. The van der Waals surface area contributed by atoms with Gasteiger partial charge in [0, 0.05) is 24.9 Å². The van der Waals surface area contributed by atoms with E-state index in [0.29, 0.717) is 5.69 Å². The van der Waals surface area contributed by atoms with Gasteiger partial charge in [-0.1, -0.05) is 58.0 Å². The van der Waals surface area contributed by atoms with Crippen LogP contribution in [0.2, 0.25) is 0 Å². The van der Waals surface area contributed by atoms with E-state index in [4.69, 9.17) is 19.9 Å². The zero-order valence-electron chi connectivity index (χ0n) is 25.0. The molecule has 238 valence electrons. The minimum atomic E-state index is -1.88. The number of para-hydroxylation sites is 1. The molecule has 12 nitrogen and oxygen atoms in total. The van der Waals surface area contributed by atoms with Crippen LogP contribution in [0, 0.1) is 11.8 Å². The molecule has 2 aliphatic rings. The van der Waals surface area contributed by atoms with Gasteiger partial charge in [0.2, 0.25) is 0 Å². The minimum absolute atomic E-state index is 0.0232. The Hall–Kier alpha value is -2.13. The highest BCUT2D eigenvalue weighted by molar-refractivity contribution is 5.89. The second-order valence-electron chi connectivity index (χ2n) is 12.2. The van der Waals surface area contributed by atoms with Crippen molar-refractivity contribution in [1.29, 1.82) is 0 Å². The molecule has 0 radical (unpaired) electrons. The molecule has 2 heterocycles. The molecule has 0 spiro atoms. The van der Waals surface area contributed by atoms with E-state index < -0.39 is 72.9 Å². The van der Waals surface area contributed by atoms with Crippen LogP contribution >= 0.6 is 0 Å². The monoisotopic (exact) mass is 595 g/mol. The third-order valence-electron chi connectivity index (χ3n) is 7.72. The maximum atomic E-state index is 12.9. The van der Waals surface area contributed by atoms with Gasteiger partial charge in [0.25, 0.3) is 0 Å². The van der Waals surface area contributed by atoms with Gasteiger partial charge in [0.1, 0.15) is 6.10 Å². The van der Waals surface area contributed by atoms with Crippen molar-refractivity contribution >= 4 is 11.7 Å².